The maximum atomic E-state index is 11.9. The van der Waals surface area contributed by atoms with Crippen LogP contribution in [0.5, 0.6) is 0 Å². The zero-order chi connectivity index (χ0) is 18.1. The molecule has 134 valence electrons. The molecule has 0 amide bonds. The van der Waals surface area contributed by atoms with E-state index >= 15 is 0 Å². The van der Waals surface area contributed by atoms with Crippen LogP contribution in [0.4, 0.5) is 26.3 Å². The zero-order valence-electron chi connectivity index (χ0n) is 9.49. The number of aliphatic hydroxyl groups excluding tert-OH is 2. The van der Waals surface area contributed by atoms with E-state index in [1.807, 2.05) is 0 Å². The van der Waals surface area contributed by atoms with Crippen LogP contribution in [0.1, 0.15) is 0 Å². The Morgan fingerprint density at radius 1 is 0.773 bits per heavy atom. The van der Waals surface area contributed by atoms with Crippen molar-refractivity contribution in [2.75, 3.05) is 0 Å². The first kappa shape index (κ1) is 21.6. The second kappa shape index (κ2) is 6.58. The summed E-state index contributed by atoms with van der Waals surface area (Å²) in [7, 11) is -17.7. The van der Waals surface area contributed by atoms with Gasteiger partial charge in [-0.2, -0.15) is 26.3 Å². The maximum absolute atomic E-state index is 11.9. The Morgan fingerprint density at radius 3 is 1.18 bits per heavy atom. The number of rotatable bonds is 6. The zero-order valence-corrected chi connectivity index (χ0v) is 12.1. The molecule has 0 aliphatic carbocycles. The lowest BCUT2D eigenvalue weighted by atomic mass is 11.5. The Hall–Kier alpha value is -0.450. The van der Waals surface area contributed by atoms with E-state index in [-0.39, 0.29) is 0 Å². The van der Waals surface area contributed by atoms with Gasteiger partial charge in [0.25, 0.3) is 11.2 Å². The van der Waals surface area contributed by atoms with Gasteiger partial charge in [0.1, 0.15) is 0 Å². The Kier molecular flexibility index (Phi) is 6.45. The molecule has 0 spiro atoms. The number of sulfone groups is 2. The van der Waals surface area contributed by atoms with E-state index in [9.17, 15) is 47.7 Å². The van der Waals surface area contributed by atoms with Crippen molar-refractivity contribution in [2.24, 2.45) is 0 Å². The second-order valence-corrected chi connectivity index (χ2v) is 7.97. The second-order valence-electron chi connectivity index (χ2n) is 3.08. The molecule has 2 unspecified atom stereocenters. The predicted molar refractivity (Wildman–Crippen MR) is 53.1 cm³/mol. The molecule has 22 heavy (non-hydrogen) atoms. The Balaban J connectivity index is 5.01. The summed E-state index contributed by atoms with van der Waals surface area (Å²) in [5.74, 6) is 0. The average Bonchev–Trinajstić information content (AvgIpc) is 2.25. The fraction of sp³-hybridized carbons (Fsp3) is 1.00. The van der Waals surface area contributed by atoms with Crippen LogP contribution in [-0.2, 0) is 33.3 Å². The van der Waals surface area contributed by atoms with E-state index in [1.54, 1.807) is 0 Å². The molecule has 0 heterocycles. The van der Waals surface area contributed by atoms with Crippen LogP contribution < -0.4 is 0 Å². The molecule has 0 aromatic carbocycles. The molecule has 0 fully saturated rings. The van der Waals surface area contributed by atoms with Crippen LogP contribution >= 0.6 is 8.25 Å². The number of hydrogen-bond donors (Lipinski definition) is 2. The summed E-state index contributed by atoms with van der Waals surface area (Å²) in [5, 5.41) is 17.0. The number of aliphatic hydroxyl groups is 2. The van der Waals surface area contributed by atoms with E-state index in [0.717, 1.165) is 0 Å². The monoisotopic (exact) mass is 406 g/mol. The summed E-state index contributed by atoms with van der Waals surface area (Å²) in [6.45, 7) is 0. The summed E-state index contributed by atoms with van der Waals surface area (Å²) in [6, 6.07) is 0. The lowest BCUT2D eigenvalue weighted by Gasteiger charge is -2.17. The van der Waals surface area contributed by atoms with Gasteiger partial charge >= 0.3 is 38.9 Å². The van der Waals surface area contributed by atoms with Crippen molar-refractivity contribution in [3.05, 3.63) is 0 Å². The highest BCUT2D eigenvalue weighted by atomic mass is 32.2. The van der Waals surface area contributed by atoms with Gasteiger partial charge in [0.15, 0.2) is 0 Å². The van der Waals surface area contributed by atoms with E-state index in [2.05, 4.69) is 9.05 Å². The molecule has 18 heteroatoms. The standard InChI is InChI=1S/C4H5F6O9PS2/c5-3(6,7)21(14,15)1(11)18-20(13)19-2(12)22(16,17)4(8,9)10/h1-2,11-12,20H. The van der Waals surface area contributed by atoms with Crippen LogP contribution in [-0.4, -0.2) is 49.3 Å². The molecule has 9 nitrogen and oxygen atoms in total. The molecule has 0 aromatic heterocycles. The maximum Gasteiger partial charge on any atom is 0.502 e. The molecule has 0 radical (unpaired) electrons. The molecule has 2 N–H and O–H groups in total. The molecular formula is C4H5F6O9PS2. The van der Waals surface area contributed by atoms with Gasteiger partial charge < -0.3 is 10.2 Å². The highest BCUT2D eigenvalue weighted by Gasteiger charge is 2.54. The quantitative estimate of drug-likeness (QED) is 0.349. The summed E-state index contributed by atoms with van der Waals surface area (Å²) in [6.07, 6.45) is 0. The largest absolute Gasteiger partial charge is 0.502 e. The van der Waals surface area contributed by atoms with E-state index < -0.39 is 50.2 Å². The Morgan fingerprint density at radius 2 is 1.00 bits per heavy atom. The van der Waals surface area contributed by atoms with E-state index in [0.29, 0.717) is 0 Å². The van der Waals surface area contributed by atoms with Crippen LogP contribution in [0, 0.1) is 0 Å². The van der Waals surface area contributed by atoms with Crippen LogP contribution in [0.3, 0.4) is 0 Å². The summed E-state index contributed by atoms with van der Waals surface area (Å²) >= 11 is 0. The summed E-state index contributed by atoms with van der Waals surface area (Å²) in [5.41, 5.74) is -19.9. The van der Waals surface area contributed by atoms with Crippen molar-refractivity contribution < 1.29 is 67.0 Å². The van der Waals surface area contributed by atoms with Crippen molar-refractivity contribution in [3.63, 3.8) is 0 Å². The van der Waals surface area contributed by atoms with E-state index in [4.69, 9.17) is 10.2 Å². The van der Waals surface area contributed by atoms with Crippen molar-refractivity contribution in [1.29, 1.82) is 0 Å². The molecule has 0 bridgehead atoms. The van der Waals surface area contributed by atoms with E-state index in [1.165, 1.54) is 0 Å². The highest BCUT2D eigenvalue weighted by Crippen LogP contribution is 2.36. The third-order valence-electron chi connectivity index (χ3n) is 1.57. The van der Waals surface area contributed by atoms with Crippen molar-refractivity contribution in [1.82, 2.24) is 0 Å². The topological polar surface area (TPSA) is 144 Å². The predicted octanol–water partition coefficient (Wildman–Crippen LogP) is -0.170. The fourth-order valence-corrected chi connectivity index (χ4v) is 2.87. The van der Waals surface area contributed by atoms with Crippen LogP contribution in [0.25, 0.3) is 0 Å². The minimum Gasteiger partial charge on any atom is -0.355 e. The van der Waals surface area contributed by atoms with Crippen LogP contribution in [0.15, 0.2) is 0 Å². The van der Waals surface area contributed by atoms with Gasteiger partial charge in [-0.3, -0.25) is 13.6 Å². The fourth-order valence-electron chi connectivity index (χ4n) is 0.548. The smallest absolute Gasteiger partial charge is 0.355 e. The lowest BCUT2D eigenvalue weighted by molar-refractivity contribution is -0.0633. The number of alkyl halides is 6. The first-order chi connectivity index (χ1) is 9.44. The van der Waals surface area contributed by atoms with Crippen molar-refractivity contribution in [2.45, 2.75) is 22.3 Å². The first-order valence-electron chi connectivity index (χ1n) is 4.28. The summed E-state index contributed by atoms with van der Waals surface area (Å²) in [4.78, 5) is 0. The van der Waals surface area contributed by atoms with Gasteiger partial charge in [0, 0.05) is 0 Å². The van der Waals surface area contributed by atoms with Gasteiger partial charge in [-0.1, -0.05) is 0 Å². The van der Waals surface area contributed by atoms with Crippen LogP contribution in [0.2, 0.25) is 0 Å². The molecule has 0 saturated carbocycles. The Labute approximate surface area is 118 Å². The summed E-state index contributed by atoms with van der Waals surface area (Å²) < 4.78 is 130. The van der Waals surface area contributed by atoms with Gasteiger partial charge in [0.2, 0.25) is 0 Å². The molecular weight excluding hydrogens is 401 g/mol. The molecule has 0 aliphatic heterocycles. The van der Waals surface area contributed by atoms with Crippen molar-refractivity contribution >= 4 is 27.9 Å². The third-order valence-corrected chi connectivity index (χ3v) is 5.29. The number of hydrogen-bond acceptors (Lipinski definition) is 9. The van der Waals surface area contributed by atoms with Crippen molar-refractivity contribution in [3.8, 4) is 0 Å². The molecule has 0 aliphatic rings. The van der Waals surface area contributed by atoms with Gasteiger partial charge in [0.05, 0.1) is 0 Å². The SMILES string of the molecule is O=[PH](OC(O)S(=O)(=O)C(F)(F)F)OC(O)S(=O)(=O)C(F)(F)F. The minimum absolute atomic E-state index is 3.20. The molecule has 2 atom stereocenters. The average molecular weight is 406 g/mol. The highest BCUT2D eigenvalue weighted by molar-refractivity contribution is 7.93. The number of halogens is 6. The first-order valence-corrected chi connectivity index (χ1v) is 8.60. The Bertz CT molecular complexity index is 565. The van der Waals surface area contributed by atoms with Gasteiger partial charge in [-0.15, -0.1) is 0 Å². The minimum atomic E-state index is -6.45. The normalized spacial score (nSPS) is 18.7. The molecule has 0 rings (SSSR count). The molecule has 0 aromatic rings. The third kappa shape index (κ3) is 4.77. The molecule has 0 saturated heterocycles. The lowest BCUT2D eigenvalue weighted by Crippen LogP contribution is -2.36. The van der Waals surface area contributed by atoms with Gasteiger partial charge in [-0.25, -0.2) is 16.8 Å². The van der Waals surface area contributed by atoms with Gasteiger partial charge in [-0.05, 0) is 0 Å².